The van der Waals surface area contributed by atoms with Crippen LogP contribution >= 0.6 is 0 Å². The predicted octanol–water partition coefficient (Wildman–Crippen LogP) is 0.222. The van der Waals surface area contributed by atoms with Crippen molar-refractivity contribution in [1.29, 1.82) is 0 Å². The Morgan fingerprint density at radius 3 is 2.80 bits per heavy atom. The van der Waals surface area contributed by atoms with Crippen LogP contribution in [0.15, 0.2) is 0 Å². The fourth-order valence-corrected chi connectivity index (χ4v) is 1.60. The summed E-state index contributed by atoms with van der Waals surface area (Å²) in [5.41, 5.74) is 0. The van der Waals surface area contributed by atoms with Crippen molar-refractivity contribution in [3.8, 4) is 0 Å². The monoisotopic (exact) mass is 217 g/mol. The number of alkyl carbamates (subject to hydrolysis) is 1. The van der Waals surface area contributed by atoms with Gasteiger partial charge in [0, 0.05) is 12.5 Å². The van der Waals surface area contributed by atoms with Crippen LogP contribution in [0.3, 0.4) is 0 Å². The van der Waals surface area contributed by atoms with Crippen molar-refractivity contribution in [2.45, 2.75) is 18.9 Å². The molecule has 0 aromatic carbocycles. The van der Waals surface area contributed by atoms with Gasteiger partial charge in [-0.05, 0) is 12.8 Å². The smallest absolute Gasteiger partial charge is 0.407 e. The molecule has 6 heteroatoms. The van der Waals surface area contributed by atoms with Gasteiger partial charge in [0.15, 0.2) is 0 Å². The summed E-state index contributed by atoms with van der Waals surface area (Å²) < 4.78 is 9.54. The van der Waals surface area contributed by atoms with E-state index in [0.29, 0.717) is 13.2 Å². The van der Waals surface area contributed by atoms with Gasteiger partial charge in [0.2, 0.25) is 0 Å². The zero-order valence-electron chi connectivity index (χ0n) is 8.56. The Kier molecular flexibility index (Phi) is 4.36. The van der Waals surface area contributed by atoms with Crippen LogP contribution in [0.2, 0.25) is 0 Å². The molecule has 15 heavy (non-hydrogen) atoms. The summed E-state index contributed by atoms with van der Waals surface area (Å²) in [7, 11) is 1.20. The van der Waals surface area contributed by atoms with E-state index in [4.69, 9.17) is 9.84 Å². The summed E-state index contributed by atoms with van der Waals surface area (Å²) in [5.74, 6) is -1.24. The van der Waals surface area contributed by atoms with Gasteiger partial charge in [0.05, 0.1) is 13.7 Å². The van der Waals surface area contributed by atoms with Crippen molar-refractivity contribution in [2.24, 2.45) is 5.92 Å². The summed E-state index contributed by atoms with van der Waals surface area (Å²) in [6, 6.07) is -0.933. The molecule has 0 aliphatic carbocycles. The number of ether oxygens (including phenoxy) is 2. The van der Waals surface area contributed by atoms with Crippen LogP contribution in [-0.2, 0) is 14.3 Å². The maximum atomic E-state index is 10.9. The molecule has 1 amide bonds. The number of amides is 1. The average Bonchev–Trinajstić information content (AvgIpc) is 2.26. The molecule has 1 rings (SSSR count). The number of rotatable bonds is 3. The normalized spacial score (nSPS) is 22.9. The molecule has 1 aliphatic heterocycles. The number of carboxylic acids is 1. The molecule has 0 bridgehead atoms. The van der Waals surface area contributed by atoms with E-state index >= 15 is 0 Å². The SMILES string of the molecule is COC(=O)N[C@@H](C(=O)O)C1CCCOC1. The highest BCUT2D eigenvalue weighted by Crippen LogP contribution is 2.17. The summed E-state index contributed by atoms with van der Waals surface area (Å²) in [4.78, 5) is 21.9. The lowest BCUT2D eigenvalue weighted by Gasteiger charge is -2.27. The second kappa shape index (κ2) is 5.55. The van der Waals surface area contributed by atoms with Gasteiger partial charge in [-0.15, -0.1) is 0 Å². The Balaban J connectivity index is 2.55. The fraction of sp³-hybridized carbons (Fsp3) is 0.778. The van der Waals surface area contributed by atoms with Crippen molar-refractivity contribution in [3.63, 3.8) is 0 Å². The van der Waals surface area contributed by atoms with Crippen LogP contribution < -0.4 is 5.32 Å². The Morgan fingerprint density at radius 2 is 2.33 bits per heavy atom. The number of hydrogen-bond donors (Lipinski definition) is 2. The summed E-state index contributed by atoms with van der Waals surface area (Å²) in [6.07, 6.45) is 0.825. The lowest BCUT2D eigenvalue weighted by atomic mass is 9.94. The predicted molar refractivity (Wildman–Crippen MR) is 50.5 cm³/mol. The standard InChI is InChI=1S/C9H15NO5/c1-14-9(13)10-7(8(11)12)6-3-2-4-15-5-6/h6-7H,2-5H2,1H3,(H,10,13)(H,11,12)/t6?,7-/m1/s1. The zero-order valence-corrected chi connectivity index (χ0v) is 8.56. The van der Waals surface area contributed by atoms with Crippen LogP contribution in [0, 0.1) is 5.92 Å². The van der Waals surface area contributed by atoms with E-state index in [1.807, 2.05) is 0 Å². The van der Waals surface area contributed by atoms with E-state index in [0.717, 1.165) is 12.8 Å². The van der Waals surface area contributed by atoms with Crippen LogP contribution in [0.4, 0.5) is 4.79 Å². The first-order chi connectivity index (χ1) is 7.15. The van der Waals surface area contributed by atoms with E-state index in [9.17, 15) is 9.59 Å². The third-order valence-electron chi connectivity index (χ3n) is 2.39. The minimum Gasteiger partial charge on any atom is -0.480 e. The Labute approximate surface area is 87.5 Å². The van der Waals surface area contributed by atoms with Crippen molar-refractivity contribution in [3.05, 3.63) is 0 Å². The molecule has 2 atom stereocenters. The molecule has 86 valence electrons. The van der Waals surface area contributed by atoms with Crippen molar-refractivity contribution >= 4 is 12.1 Å². The second-order valence-electron chi connectivity index (χ2n) is 3.43. The van der Waals surface area contributed by atoms with E-state index in [2.05, 4.69) is 10.1 Å². The second-order valence-corrected chi connectivity index (χ2v) is 3.43. The molecule has 0 saturated carbocycles. The topological polar surface area (TPSA) is 84.9 Å². The summed E-state index contributed by atoms with van der Waals surface area (Å²) in [6.45, 7) is 1.02. The van der Waals surface area contributed by atoms with Crippen LogP contribution in [-0.4, -0.2) is 43.5 Å². The first-order valence-electron chi connectivity index (χ1n) is 4.80. The lowest BCUT2D eigenvalue weighted by Crippen LogP contribution is -2.48. The van der Waals surface area contributed by atoms with Crippen LogP contribution in [0.1, 0.15) is 12.8 Å². The molecule has 0 aromatic rings. The van der Waals surface area contributed by atoms with E-state index in [1.54, 1.807) is 0 Å². The molecular formula is C9H15NO5. The van der Waals surface area contributed by atoms with Crippen molar-refractivity contribution in [1.82, 2.24) is 5.32 Å². The van der Waals surface area contributed by atoms with Gasteiger partial charge < -0.3 is 19.9 Å². The summed E-state index contributed by atoms with van der Waals surface area (Å²) in [5, 5.41) is 11.2. The first kappa shape index (κ1) is 11.8. The molecule has 1 heterocycles. The molecule has 1 fully saturated rings. The van der Waals surface area contributed by atoms with E-state index in [-0.39, 0.29) is 5.92 Å². The number of methoxy groups -OCH3 is 1. The van der Waals surface area contributed by atoms with E-state index < -0.39 is 18.1 Å². The summed E-state index contributed by atoms with van der Waals surface area (Å²) >= 11 is 0. The number of aliphatic carboxylic acids is 1. The third kappa shape index (κ3) is 3.39. The maximum Gasteiger partial charge on any atom is 0.407 e. The van der Waals surface area contributed by atoms with Gasteiger partial charge in [-0.2, -0.15) is 0 Å². The highest BCUT2D eigenvalue weighted by Gasteiger charge is 2.31. The largest absolute Gasteiger partial charge is 0.480 e. The molecule has 2 N–H and O–H groups in total. The Morgan fingerprint density at radius 1 is 1.60 bits per heavy atom. The number of carbonyl (C=O) groups excluding carboxylic acids is 1. The minimum absolute atomic E-state index is 0.185. The van der Waals surface area contributed by atoms with Crippen LogP contribution in [0.5, 0.6) is 0 Å². The van der Waals surface area contributed by atoms with Gasteiger partial charge in [-0.25, -0.2) is 9.59 Å². The molecule has 1 aliphatic rings. The Hall–Kier alpha value is -1.30. The van der Waals surface area contributed by atoms with Crippen LogP contribution in [0.25, 0.3) is 0 Å². The number of nitrogens with one attached hydrogen (secondary N) is 1. The first-order valence-corrected chi connectivity index (χ1v) is 4.80. The Bertz CT molecular complexity index is 237. The van der Waals surface area contributed by atoms with Crippen molar-refractivity contribution in [2.75, 3.05) is 20.3 Å². The molecule has 0 spiro atoms. The maximum absolute atomic E-state index is 10.9. The van der Waals surface area contributed by atoms with Gasteiger partial charge in [0.1, 0.15) is 6.04 Å². The minimum atomic E-state index is -1.06. The molecular weight excluding hydrogens is 202 g/mol. The van der Waals surface area contributed by atoms with Gasteiger partial charge in [-0.3, -0.25) is 0 Å². The molecule has 0 aromatic heterocycles. The van der Waals surface area contributed by atoms with Crippen molar-refractivity contribution < 1.29 is 24.2 Å². The molecule has 0 radical (unpaired) electrons. The third-order valence-corrected chi connectivity index (χ3v) is 2.39. The van der Waals surface area contributed by atoms with Gasteiger partial charge >= 0.3 is 12.1 Å². The van der Waals surface area contributed by atoms with Gasteiger partial charge in [0.25, 0.3) is 0 Å². The molecule has 1 unspecified atom stereocenters. The number of carbonyl (C=O) groups is 2. The lowest BCUT2D eigenvalue weighted by molar-refractivity contribution is -0.142. The number of carboxylic acid groups (broad SMARTS) is 1. The molecule has 1 saturated heterocycles. The number of hydrogen-bond acceptors (Lipinski definition) is 4. The fourth-order valence-electron chi connectivity index (χ4n) is 1.60. The molecule has 6 nitrogen and oxygen atoms in total. The zero-order chi connectivity index (χ0) is 11.3. The van der Waals surface area contributed by atoms with Gasteiger partial charge in [-0.1, -0.05) is 0 Å². The highest BCUT2D eigenvalue weighted by molar-refractivity contribution is 5.80. The van der Waals surface area contributed by atoms with E-state index in [1.165, 1.54) is 7.11 Å². The average molecular weight is 217 g/mol. The highest BCUT2D eigenvalue weighted by atomic mass is 16.5. The quantitative estimate of drug-likeness (QED) is 0.706.